The maximum atomic E-state index is 10.8. The number of aryl methyl sites for hydroxylation is 1. The van der Waals surface area contributed by atoms with Gasteiger partial charge in [0.25, 0.3) is 0 Å². The Labute approximate surface area is 233 Å². The quantitative estimate of drug-likeness (QED) is 0.151. The van der Waals surface area contributed by atoms with Crippen LogP contribution in [0.3, 0.4) is 0 Å². The van der Waals surface area contributed by atoms with E-state index in [-0.39, 0.29) is 0 Å². The first-order valence-electron chi connectivity index (χ1n) is 12.6. The van der Waals surface area contributed by atoms with Crippen LogP contribution in [0.4, 0.5) is 0 Å². The predicted molar refractivity (Wildman–Crippen MR) is 168 cm³/mol. The number of thiazole rings is 1. The molecule has 0 aliphatic rings. The zero-order valence-corrected chi connectivity index (χ0v) is 25.0. The summed E-state index contributed by atoms with van der Waals surface area (Å²) in [5, 5.41) is 14.9. The summed E-state index contributed by atoms with van der Waals surface area (Å²) < 4.78 is 0. The molecule has 1 atom stereocenters. The van der Waals surface area contributed by atoms with E-state index in [1.165, 1.54) is 21.5 Å². The summed E-state index contributed by atoms with van der Waals surface area (Å²) in [6, 6.07) is 32.7. The van der Waals surface area contributed by atoms with Crippen LogP contribution in [0.15, 0.2) is 114 Å². The van der Waals surface area contributed by atoms with E-state index in [1.807, 2.05) is 25.3 Å². The molecule has 37 heavy (non-hydrogen) atoms. The van der Waals surface area contributed by atoms with Crippen LogP contribution < -0.4 is 15.9 Å². The van der Waals surface area contributed by atoms with E-state index in [2.05, 4.69) is 124 Å². The van der Waals surface area contributed by atoms with Crippen LogP contribution in [-0.2, 0) is 0 Å². The van der Waals surface area contributed by atoms with Crippen molar-refractivity contribution in [3.8, 4) is 0 Å². The number of hydrogen-bond donors (Lipinski definition) is 1. The van der Waals surface area contributed by atoms with Gasteiger partial charge in [0.05, 0.1) is 0 Å². The van der Waals surface area contributed by atoms with Crippen LogP contribution in [0.25, 0.3) is 6.08 Å². The molecule has 1 N–H and O–H groups in total. The Morgan fingerprint density at radius 1 is 0.892 bits per heavy atom. The topological polar surface area (TPSA) is 33.1 Å². The maximum absolute atomic E-state index is 10.8. The summed E-state index contributed by atoms with van der Waals surface area (Å²) in [5.74, 6) is 0. The van der Waals surface area contributed by atoms with Crippen molar-refractivity contribution in [2.75, 3.05) is 6.16 Å². The molecule has 0 amide bonds. The molecule has 0 fully saturated rings. The van der Waals surface area contributed by atoms with Crippen LogP contribution in [-0.4, -0.2) is 22.4 Å². The number of allylic oxidation sites excluding steroid dienone is 1. The van der Waals surface area contributed by atoms with Crippen molar-refractivity contribution in [2.45, 2.75) is 39.7 Å². The van der Waals surface area contributed by atoms with Crippen LogP contribution in [0.5, 0.6) is 0 Å². The van der Waals surface area contributed by atoms with Gasteiger partial charge in [-0.05, 0) is 0 Å². The van der Waals surface area contributed by atoms with Gasteiger partial charge in [-0.15, -0.1) is 0 Å². The molecule has 0 radical (unpaired) electrons. The van der Waals surface area contributed by atoms with Crippen molar-refractivity contribution < 1.29 is 5.11 Å². The molecule has 0 aliphatic carbocycles. The van der Waals surface area contributed by atoms with Crippen molar-refractivity contribution in [1.82, 2.24) is 4.98 Å². The van der Waals surface area contributed by atoms with E-state index in [0.717, 1.165) is 28.9 Å². The second-order valence-electron chi connectivity index (χ2n) is 9.64. The zero-order chi connectivity index (χ0) is 26.3. The number of rotatable bonds is 10. The summed E-state index contributed by atoms with van der Waals surface area (Å²) in [5.41, 5.74) is 3.14. The van der Waals surface area contributed by atoms with E-state index in [1.54, 1.807) is 11.3 Å². The molecule has 4 aromatic rings. The van der Waals surface area contributed by atoms with Gasteiger partial charge in [-0.25, -0.2) is 0 Å². The molecular weight excluding hydrogens is 557 g/mol. The van der Waals surface area contributed by atoms with E-state index in [0.29, 0.717) is 6.42 Å². The fourth-order valence-corrected chi connectivity index (χ4v) is 12.9. The molecule has 0 saturated heterocycles. The van der Waals surface area contributed by atoms with Gasteiger partial charge in [-0.3, -0.25) is 0 Å². The third kappa shape index (κ3) is 6.04. The summed E-state index contributed by atoms with van der Waals surface area (Å²) in [7, 11) is 0. The molecule has 192 valence electrons. The molecule has 4 rings (SSSR count). The molecule has 0 aliphatic heterocycles. The standard InChI is InChI=1S/C32H35BrNOPS/c1-25(19-20-32(35)26(2)23-28-24-37-27(3)34-28)21-22-36(33,29-13-7-4-8-14-29,30-15-9-5-10-16-30)31-17-11-6-12-18-31/h4-19,23-24,32,35H,20-22H2,1-3H3/b25-19-,26-23+/t32-/m0/s1. The molecule has 0 spiro atoms. The van der Waals surface area contributed by atoms with E-state index in [4.69, 9.17) is 0 Å². The zero-order valence-electron chi connectivity index (χ0n) is 21.7. The first-order chi connectivity index (χ1) is 17.8. The summed E-state index contributed by atoms with van der Waals surface area (Å²) in [4.78, 5) is 4.49. The van der Waals surface area contributed by atoms with Crippen molar-refractivity contribution in [3.05, 3.63) is 124 Å². The van der Waals surface area contributed by atoms with Crippen LogP contribution in [0.1, 0.15) is 37.4 Å². The van der Waals surface area contributed by atoms with Gasteiger partial charge < -0.3 is 0 Å². The molecule has 5 heteroatoms. The Hall–Kier alpha value is -2.36. The molecular formula is C32H35BrNOPS. The van der Waals surface area contributed by atoms with Crippen LogP contribution >= 0.6 is 32.1 Å². The van der Waals surface area contributed by atoms with Gasteiger partial charge in [0.15, 0.2) is 0 Å². The fourth-order valence-electron chi connectivity index (χ4n) is 4.81. The van der Waals surface area contributed by atoms with Gasteiger partial charge in [-0.1, -0.05) is 0 Å². The minimum absolute atomic E-state index is 0.520. The molecule has 1 aromatic heterocycles. The van der Waals surface area contributed by atoms with Gasteiger partial charge in [0, 0.05) is 0 Å². The number of halogens is 1. The molecule has 0 bridgehead atoms. The van der Waals surface area contributed by atoms with E-state index < -0.39 is 11.4 Å². The average molecular weight is 593 g/mol. The van der Waals surface area contributed by atoms with Crippen molar-refractivity contribution >= 4 is 54.1 Å². The monoisotopic (exact) mass is 591 g/mol. The SMILES string of the molecule is C/C(=C/C[C@H](O)/C(C)=C/c1csc(C)n1)CCP(Br)(c1ccccc1)(c1ccccc1)c1ccccc1. The average Bonchev–Trinajstić information content (AvgIpc) is 3.36. The predicted octanol–water partition coefficient (Wildman–Crippen LogP) is 7.78. The Kier molecular flexibility index (Phi) is 8.98. The summed E-state index contributed by atoms with van der Waals surface area (Å²) in [6.07, 6.45) is 6.13. The molecule has 2 nitrogen and oxygen atoms in total. The minimum atomic E-state index is -2.94. The second kappa shape index (κ2) is 12.0. The Morgan fingerprint density at radius 2 is 1.38 bits per heavy atom. The fraction of sp³-hybridized carbons (Fsp3) is 0.219. The van der Waals surface area contributed by atoms with Gasteiger partial charge in [0.1, 0.15) is 0 Å². The van der Waals surface area contributed by atoms with E-state index in [9.17, 15) is 5.11 Å². The van der Waals surface area contributed by atoms with Gasteiger partial charge in [-0.2, -0.15) is 0 Å². The number of aliphatic hydroxyl groups is 1. The molecule has 0 saturated carbocycles. The second-order valence-corrected chi connectivity index (χ2v) is 19.8. The van der Waals surface area contributed by atoms with Gasteiger partial charge in [0.2, 0.25) is 0 Å². The third-order valence-corrected chi connectivity index (χ3v) is 17.8. The van der Waals surface area contributed by atoms with Gasteiger partial charge >= 0.3 is 234 Å². The Morgan fingerprint density at radius 3 is 1.81 bits per heavy atom. The molecule has 1 heterocycles. The Bertz CT molecular complexity index is 1270. The number of aliphatic hydroxyl groups excluding tert-OH is 1. The normalized spacial score (nSPS) is 14.7. The number of nitrogens with zero attached hydrogens (tertiary/aromatic N) is 1. The number of benzene rings is 3. The molecule has 3 aromatic carbocycles. The number of aromatic nitrogens is 1. The summed E-state index contributed by atoms with van der Waals surface area (Å²) in [6.45, 7) is 6.17. The Balaban J connectivity index is 1.65. The van der Waals surface area contributed by atoms with Crippen molar-refractivity contribution in [3.63, 3.8) is 0 Å². The summed E-state index contributed by atoms with van der Waals surface area (Å²) >= 11 is 6.16. The molecule has 0 unspecified atom stereocenters. The van der Waals surface area contributed by atoms with Crippen molar-refractivity contribution in [1.29, 1.82) is 0 Å². The first kappa shape index (κ1) is 27.7. The van der Waals surface area contributed by atoms with E-state index >= 15 is 0 Å². The first-order valence-corrected chi connectivity index (χ1v) is 18.0. The van der Waals surface area contributed by atoms with Crippen LogP contribution in [0.2, 0.25) is 0 Å². The number of hydrogen-bond acceptors (Lipinski definition) is 3. The third-order valence-electron chi connectivity index (χ3n) is 7.04. The van der Waals surface area contributed by atoms with Crippen LogP contribution in [0, 0.1) is 6.92 Å². The van der Waals surface area contributed by atoms with Crippen molar-refractivity contribution in [2.24, 2.45) is 0 Å².